The first-order valence-electron chi connectivity index (χ1n) is 8.41. The van der Waals surface area contributed by atoms with Crippen LogP contribution in [0.4, 0.5) is 0 Å². The summed E-state index contributed by atoms with van der Waals surface area (Å²) < 4.78 is 10.5. The average molecular weight is 350 g/mol. The molecule has 0 aliphatic carbocycles. The SMILES string of the molecule is CCOC(=O)[C@H]1N[C@@H](c2ccccc2OC)[C@@H]([N+](=O)[O-])[C@@H]1C(C)(C)C. The molecule has 1 N–H and O–H groups in total. The van der Waals surface area contributed by atoms with Crippen LogP contribution in [0, 0.1) is 21.4 Å². The number of ether oxygens (including phenoxy) is 2. The molecule has 0 saturated carbocycles. The minimum atomic E-state index is -0.967. The molecule has 1 aliphatic rings. The monoisotopic (exact) mass is 350 g/mol. The normalized spacial score (nSPS) is 26.3. The van der Waals surface area contributed by atoms with Crippen LogP contribution >= 0.6 is 0 Å². The summed E-state index contributed by atoms with van der Waals surface area (Å²) in [6.07, 6.45) is 0. The number of hydrogen-bond acceptors (Lipinski definition) is 6. The Balaban J connectivity index is 2.53. The number of methoxy groups -OCH3 is 1. The molecular formula is C18H26N2O5. The van der Waals surface area contributed by atoms with Crippen molar-refractivity contribution in [2.75, 3.05) is 13.7 Å². The Hall–Kier alpha value is -2.15. The second kappa shape index (κ2) is 7.39. The molecule has 0 aromatic heterocycles. The van der Waals surface area contributed by atoms with Crippen LogP contribution in [0.1, 0.15) is 39.3 Å². The van der Waals surface area contributed by atoms with E-state index in [-0.39, 0.29) is 11.5 Å². The summed E-state index contributed by atoms with van der Waals surface area (Å²) in [6.45, 7) is 7.68. The number of esters is 1. The summed E-state index contributed by atoms with van der Waals surface area (Å²) in [4.78, 5) is 24.1. The van der Waals surface area contributed by atoms with Gasteiger partial charge >= 0.3 is 5.97 Å². The van der Waals surface area contributed by atoms with E-state index in [1.54, 1.807) is 25.1 Å². The van der Waals surface area contributed by atoms with E-state index >= 15 is 0 Å². The molecular weight excluding hydrogens is 324 g/mol. The molecule has 1 aliphatic heterocycles. The van der Waals surface area contributed by atoms with Gasteiger partial charge in [-0.1, -0.05) is 39.0 Å². The largest absolute Gasteiger partial charge is 0.496 e. The number of carbonyl (C=O) groups excluding carboxylic acids is 1. The van der Waals surface area contributed by atoms with E-state index in [0.29, 0.717) is 11.3 Å². The van der Waals surface area contributed by atoms with E-state index in [2.05, 4.69) is 5.32 Å². The predicted octanol–water partition coefficient (Wildman–Crippen LogP) is 2.58. The lowest BCUT2D eigenvalue weighted by Gasteiger charge is -2.31. The Bertz CT molecular complexity index is 641. The van der Waals surface area contributed by atoms with Gasteiger partial charge in [0.25, 0.3) is 0 Å². The first-order chi connectivity index (χ1) is 11.7. The molecule has 0 bridgehead atoms. The minimum Gasteiger partial charge on any atom is -0.496 e. The number of rotatable bonds is 5. The molecule has 4 atom stereocenters. The van der Waals surface area contributed by atoms with Gasteiger partial charge in [-0.15, -0.1) is 0 Å². The van der Waals surface area contributed by atoms with Crippen LogP contribution in [-0.4, -0.2) is 36.7 Å². The van der Waals surface area contributed by atoms with Gasteiger partial charge in [-0.05, 0) is 18.4 Å². The van der Waals surface area contributed by atoms with Crippen LogP contribution in [0.25, 0.3) is 0 Å². The van der Waals surface area contributed by atoms with E-state index < -0.39 is 35.4 Å². The number of nitrogens with one attached hydrogen (secondary N) is 1. The average Bonchev–Trinajstić information content (AvgIpc) is 2.96. The molecule has 0 spiro atoms. The summed E-state index contributed by atoms with van der Waals surface area (Å²) in [7, 11) is 1.53. The molecule has 0 radical (unpaired) electrons. The lowest BCUT2D eigenvalue weighted by Crippen LogP contribution is -2.45. The van der Waals surface area contributed by atoms with E-state index in [1.165, 1.54) is 7.11 Å². The molecule has 0 unspecified atom stereocenters. The van der Waals surface area contributed by atoms with Gasteiger partial charge in [0.15, 0.2) is 0 Å². The van der Waals surface area contributed by atoms with E-state index in [1.807, 2.05) is 26.8 Å². The fraction of sp³-hybridized carbons (Fsp3) is 0.611. The van der Waals surface area contributed by atoms with Gasteiger partial charge < -0.3 is 9.47 Å². The maximum atomic E-state index is 12.5. The van der Waals surface area contributed by atoms with Crippen LogP contribution < -0.4 is 10.1 Å². The van der Waals surface area contributed by atoms with Gasteiger partial charge in [0, 0.05) is 10.5 Å². The Morgan fingerprint density at radius 1 is 1.32 bits per heavy atom. The molecule has 1 heterocycles. The highest BCUT2D eigenvalue weighted by Crippen LogP contribution is 2.45. The Kier molecular flexibility index (Phi) is 5.67. The van der Waals surface area contributed by atoms with Gasteiger partial charge in [-0.2, -0.15) is 0 Å². The van der Waals surface area contributed by atoms with Gasteiger partial charge in [0.2, 0.25) is 6.04 Å². The van der Waals surface area contributed by atoms with Gasteiger partial charge in [0.1, 0.15) is 17.8 Å². The third kappa shape index (κ3) is 3.76. The number of benzene rings is 1. The zero-order valence-corrected chi connectivity index (χ0v) is 15.3. The number of nitro groups is 1. The molecule has 7 heteroatoms. The molecule has 1 fully saturated rings. The Morgan fingerprint density at radius 2 is 1.96 bits per heavy atom. The third-order valence-corrected chi connectivity index (χ3v) is 4.69. The lowest BCUT2D eigenvalue weighted by atomic mass is 9.73. The Labute approximate surface area is 147 Å². The molecule has 2 rings (SSSR count). The van der Waals surface area contributed by atoms with Gasteiger partial charge in [-0.25, -0.2) is 0 Å². The molecule has 25 heavy (non-hydrogen) atoms. The zero-order chi connectivity index (χ0) is 18.8. The number of hydrogen-bond donors (Lipinski definition) is 1. The standard InChI is InChI=1S/C18H26N2O5/c1-6-25-17(21)15-13(18(2,3)4)16(20(22)23)14(19-15)11-9-7-8-10-12(11)24-5/h7-10,13-16,19H,6H2,1-5H3/t13-,14+,15+,16+/m1/s1. The van der Waals surface area contributed by atoms with Crippen molar-refractivity contribution in [1.82, 2.24) is 5.32 Å². The highest BCUT2D eigenvalue weighted by molar-refractivity contribution is 5.77. The summed E-state index contributed by atoms with van der Waals surface area (Å²) in [5, 5.41) is 15.1. The third-order valence-electron chi connectivity index (χ3n) is 4.69. The van der Waals surface area contributed by atoms with Crippen LogP contribution in [0.2, 0.25) is 0 Å². The van der Waals surface area contributed by atoms with Crippen molar-refractivity contribution >= 4 is 5.97 Å². The van der Waals surface area contributed by atoms with E-state index in [4.69, 9.17) is 9.47 Å². The maximum Gasteiger partial charge on any atom is 0.323 e. The van der Waals surface area contributed by atoms with Crippen LogP contribution in [0.5, 0.6) is 5.75 Å². The van der Waals surface area contributed by atoms with Crippen LogP contribution in [0.3, 0.4) is 0 Å². The van der Waals surface area contributed by atoms with Crippen molar-refractivity contribution in [1.29, 1.82) is 0 Å². The Morgan fingerprint density at radius 3 is 2.48 bits per heavy atom. The molecule has 7 nitrogen and oxygen atoms in total. The van der Waals surface area contributed by atoms with Gasteiger partial charge in [-0.3, -0.25) is 20.2 Å². The summed E-state index contributed by atoms with van der Waals surface area (Å²) >= 11 is 0. The number of para-hydroxylation sites is 1. The molecule has 138 valence electrons. The minimum absolute atomic E-state index is 0.232. The van der Waals surface area contributed by atoms with Crippen molar-refractivity contribution in [2.45, 2.75) is 45.8 Å². The summed E-state index contributed by atoms with van der Waals surface area (Å²) in [6, 6.07) is 4.82. The van der Waals surface area contributed by atoms with E-state index in [0.717, 1.165) is 0 Å². The van der Waals surface area contributed by atoms with Gasteiger partial charge in [0.05, 0.1) is 19.6 Å². The van der Waals surface area contributed by atoms with Crippen molar-refractivity contribution in [3.05, 3.63) is 39.9 Å². The summed E-state index contributed by atoms with van der Waals surface area (Å²) in [5.74, 6) is -0.410. The topological polar surface area (TPSA) is 90.7 Å². The fourth-order valence-corrected chi connectivity index (χ4v) is 3.71. The maximum absolute atomic E-state index is 12.5. The quantitative estimate of drug-likeness (QED) is 0.499. The molecule has 1 aromatic carbocycles. The van der Waals surface area contributed by atoms with Crippen molar-refractivity contribution < 1.29 is 19.2 Å². The first kappa shape index (κ1) is 19.2. The lowest BCUT2D eigenvalue weighted by molar-refractivity contribution is -0.535. The number of carbonyl (C=O) groups is 1. The first-order valence-corrected chi connectivity index (χ1v) is 8.41. The fourth-order valence-electron chi connectivity index (χ4n) is 3.71. The zero-order valence-electron chi connectivity index (χ0n) is 15.3. The smallest absolute Gasteiger partial charge is 0.323 e. The second-order valence-electron chi connectivity index (χ2n) is 7.28. The second-order valence-corrected chi connectivity index (χ2v) is 7.28. The van der Waals surface area contributed by atoms with Crippen molar-refractivity contribution in [3.8, 4) is 5.75 Å². The molecule has 1 saturated heterocycles. The van der Waals surface area contributed by atoms with Crippen LogP contribution in [-0.2, 0) is 9.53 Å². The van der Waals surface area contributed by atoms with Crippen LogP contribution in [0.15, 0.2) is 24.3 Å². The van der Waals surface area contributed by atoms with Crippen molar-refractivity contribution in [2.24, 2.45) is 11.3 Å². The molecule has 1 aromatic rings. The van der Waals surface area contributed by atoms with E-state index in [9.17, 15) is 14.9 Å². The molecule has 0 amide bonds. The summed E-state index contributed by atoms with van der Waals surface area (Å²) in [5.41, 5.74) is 0.214. The number of nitrogens with zero attached hydrogens (tertiary/aromatic N) is 1. The highest BCUT2D eigenvalue weighted by atomic mass is 16.6. The predicted molar refractivity (Wildman–Crippen MR) is 93.0 cm³/mol. The highest BCUT2D eigenvalue weighted by Gasteiger charge is 2.58. The van der Waals surface area contributed by atoms with Crippen molar-refractivity contribution in [3.63, 3.8) is 0 Å².